The summed E-state index contributed by atoms with van der Waals surface area (Å²) in [5, 5.41) is 8.25. The Morgan fingerprint density at radius 2 is 1.97 bits per heavy atom. The van der Waals surface area contributed by atoms with Crippen LogP contribution in [0.5, 0.6) is 0 Å². The van der Waals surface area contributed by atoms with Crippen molar-refractivity contribution in [2.75, 3.05) is 19.6 Å². The summed E-state index contributed by atoms with van der Waals surface area (Å²) in [5.74, 6) is 0.843. The molecule has 4 rings (SSSR count). The second-order valence-corrected chi connectivity index (χ2v) is 9.58. The van der Waals surface area contributed by atoms with E-state index in [4.69, 9.17) is 0 Å². The van der Waals surface area contributed by atoms with Crippen LogP contribution < -0.4 is 5.32 Å². The fourth-order valence-corrected chi connectivity index (χ4v) is 5.46. The van der Waals surface area contributed by atoms with Crippen LogP contribution in [-0.4, -0.2) is 35.4 Å². The quantitative estimate of drug-likeness (QED) is 0.579. The SMILES string of the molecule is CC1CCN(C(CNC(=O)Cc2csc(-c3ccccc3)n2)c2cccs2)CC1. The summed E-state index contributed by atoms with van der Waals surface area (Å²) < 4.78 is 0. The van der Waals surface area contributed by atoms with Crippen molar-refractivity contribution in [1.82, 2.24) is 15.2 Å². The number of nitrogens with one attached hydrogen (secondary N) is 1. The number of thiazole rings is 1. The van der Waals surface area contributed by atoms with Crippen molar-refractivity contribution in [2.24, 2.45) is 5.92 Å². The highest BCUT2D eigenvalue weighted by Crippen LogP contribution is 2.29. The van der Waals surface area contributed by atoms with Gasteiger partial charge in [-0.05, 0) is 43.3 Å². The maximum absolute atomic E-state index is 12.6. The lowest BCUT2D eigenvalue weighted by atomic mass is 9.97. The maximum Gasteiger partial charge on any atom is 0.226 e. The van der Waals surface area contributed by atoms with Gasteiger partial charge in [-0.2, -0.15) is 0 Å². The number of nitrogens with zero attached hydrogens (tertiary/aromatic N) is 2. The smallest absolute Gasteiger partial charge is 0.226 e. The molecule has 4 nitrogen and oxygen atoms in total. The van der Waals surface area contributed by atoms with E-state index in [1.165, 1.54) is 17.7 Å². The van der Waals surface area contributed by atoms with E-state index < -0.39 is 0 Å². The Kier molecular flexibility index (Phi) is 6.74. The van der Waals surface area contributed by atoms with Crippen molar-refractivity contribution in [2.45, 2.75) is 32.2 Å². The highest BCUT2D eigenvalue weighted by atomic mass is 32.1. The number of carbonyl (C=O) groups excluding carboxylic acids is 1. The molecule has 1 saturated heterocycles. The molecule has 0 bridgehead atoms. The highest BCUT2D eigenvalue weighted by Gasteiger charge is 2.25. The molecule has 6 heteroatoms. The van der Waals surface area contributed by atoms with Crippen LogP contribution >= 0.6 is 22.7 Å². The first-order valence-corrected chi connectivity index (χ1v) is 12.0. The lowest BCUT2D eigenvalue weighted by molar-refractivity contribution is -0.120. The van der Waals surface area contributed by atoms with Gasteiger partial charge in [0, 0.05) is 22.4 Å². The van der Waals surface area contributed by atoms with Crippen LogP contribution in [0, 0.1) is 5.92 Å². The summed E-state index contributed by atoms with van der Waals surface area (Å²) in [6, 6.07) is 14.7. The molecule has 1 aromatic carbocycles. The molecular weight excluding hydrogens is 398 g/mol. The number of carbonyl (C=O) groups is 1. The van der Waals surface area contributed by atoms with Gasteiger partial charge in [-0.3, -0.25) is 9.69 Å². The van der Waals surface area contributed by atoms with Crippen molar-refractivity contribution in [3.63, 3.8) is 0 Å². The molecule has 3 aromatic rings. The van der Waals surface area contributed by atoms with E-state index in [2.05, 4.69) is 39.6 Å². The zero-order valence-corrected chi connectivity index (χ0v) is 18.3. The number of benzene rings is 1. The van der Waals surface area contributed by atoms with Gasteiger partial charge in [0.15, 0.2) is 0 Å². The van der Waals surface area contributed by atoms with Crippen LogP contribution in [0.4, 0.5) is 0 Å². The van der Waals surface area contributed by atoms with Crippen molar-refractivity contribution in [3.8, 4) is 10.6 Å². The minimum Gasteiger partial charge on any atom is -0.354 e. The maximum atomic E-state index is 12.6. The number of aromatic nitrogens is 1. The normalized spacial score (nSPS) is 16.6. The molecular formula is C23H27N3OS2. The average Bonchev–Trinajstić information content (AvgIpc) is 3.43. The first-order chi connectivity index (χ1) is 14.2. The average molecular weight is 426 g/mol. The predicted octanol–water partition coefficient (Wildman–Crippen LogP) is 5.00. The Morgan fingerprint density at radius 1 is 1.17 bits per heavy atom. The number of thiophene rings is 1. The van der Waals surface area contributed by atoms with E-state index in [1.54, 1.807) is 22.7 Å². The van der Waals surface area contributed by atoms with Gasteiger partial charge in [-0.15, -0.1) is 22.7 Å². The summed E-state index contributed by atoms with van der Waals surface area (Å²) in [6.45, 7) is 5.19. The van der Waals surface area contributed by atoms with Crippen molar-refractivity contribution >= 4 is 28.6 Å². The van der Waals surface area contributed by atoms with E-state index in [1.807, 2.05) is 35.7 Å². The minimum absolute atomic E-state index is 0.0434. The van der Waals surface area contributed by atoms with Crippen LogP contribution in [0.15, 0.2) is 53.2 Å². The summed E-state index contributed by atoms with van der Waals surface area (Å²) in [6.07, 6.45) is 2.80. The van der Waals surface area contributed by atoms with E-state index in [-0.39, 0.29) is 11.9 Å². The van der Waals surface area contributed by atoms with Gasteiger partial charge in [0.2, 0.25) is 5.91 Å². The third-order valence-corrected chi connectivity index (χ3v) is 7.45. The molecule has 1 fully saturated rings. The molecule has 0 aliphatic carbocycles. The molecule has 29 heavy (non-hydrogen) atoms. The van der Waals surface area contributed by atoms with Crippen LogP contribution in [0.25, 0.3) is 10.6 Å². The Morgan fingerprint density at radius 3 is 2.69 bits per heavy atom. The second-order valence-electron chi connectivity index (χ2n) is 7.74. The van der Waals surface area contributed by atoms with Gasteiger partial charge >= 0.3 is 0 Å². The Balaban J connectivity index is 1.35. The van der Waals surface area contributed by atoms with E-state index >= 15 is 0 Å². The summed E-state index contributed by atoms with van der Waals surface area (Å²) in [5.41, 5.74) is 1.94. The molecule has 1 N–H and O–H groups in total. The molecule has 1 aliphatic heterocycles. The number of piperidine rings is 1. The van der Waals surface area contributed by atoms with Crippen LogP contribution in [-0.2, 0) is 11.2 Å². The van der Waals surface area contributed by atoms with Crippen LogP contribution in [0.2, 0.25) is 0 Å². The first-order valence-electron chi connectivity index (χ1n) is 10.2. The van der Waals surface area contributed by atoms with Crippen molar-refractivity contribution < 1.29 is 4.79 Å². The predicted molar refractivity (Wildman–Crippen MR) is 121 cm³/mol. The summed E-state index contributed by atoms with van der Waals surface area (Å²) in [4.78, 5) is 21.1. The van der Waals surface area contributed by atoms with Gasteiger partial charge in [-0.25, -0.2) is 4.98 Å². The minimum atomic E-state index is 0.0434. The fourth-order valence-electron chi connectivity index (χ4n) is 3.77. The van der Waals surface area contributed by atoms with Gasteiger partial charge in [0.25, 0.3) is 0 Å². The fraction of sp³-hybridized carbons (Fsp3) is 0.391. The zero-order valence-electron chi connectivity index (χ0n) is 16.7. The molecule has 1 atom stereocenters. The van der Waals surface area contributed by atoms with E-state index in [0.717, 1.165) is 35.3 Å². The molecule has 152 valence electrons. The van der Waals surface area contributed by atoms with E-state index in [0.29, 0.717) is 13.0 Å². The lowest BCUT2D eigenvalue weighted by Gasteiger charge is -2.36. The first kappa shape index (κ1) is 20.3. The largest absolute Gasteiger partial charge is 0.354 e. The van der Waals surface area contributed by atoms with Gasteiger partial charge in [-0.1, -0.05) is 43.3 Å². The molecule has 1 aliphatic rings. The number of hydrogen-bond acceptors (Lipinski definition) is 5. The third kappa shape index (κ3) is 5.32. The van der Waals surface area contributed by atoms with Gasteiger partial charge in [0.1, 0.15) is 5.01 Å². The van der Waals surface area contributed by atoms with Gasteiger partial charge < -0.3 is 5.32 Å². The number of hydrogen-bond donors (Lipinski definition) is 1. The number of likely N-dealkylation sites (tertiary alicyclic amines) is 1. The summed E-state index contributed by atoms with van der Waals surface area (Å²) >= 11 is 3.37. The van der Waals surface area contributed by atoms with Gasteiger partial charge in [0.05, 0.1) is 18.2 Å². The monoisotopic (exact) mass is 425 g/mol. The molecule has 0 saturated carbocycles. The highest BCUT2D eigenvalue weighted by molar-refractivity contribution is 7.13. The van der Waals surface area contributed by atoms with Crippen molar-refractivity contribution in [3.05, 3.63) is 63.8 Å². The zero-order chi connectivity index (χ0) is 20.1. The number of rotatable bonds is 7. The second kappa shape index (κ2) is 9.65. The molecule has 3 heterocycles. The van der Waals surface area contributed by atoms with Crippen LogP contribution in [0.1, 0.15) is 36.4 Å². The molecule has 0 spiro atoms. The van der Waals surface area contributed by atoms with E-state index in [9.17, 15) is 4.79 Å². The summed E-state index contributed by atoms with van der Waals surface area (Å²) in [7, 11) is 0. The molecule has 1 unspecified atom stereocenters. The van der Waals surface area contributed by atoms with Crippen LogP contribution in [0.3, 0.4) is 0 Å². The number of amides is 1. The standard InChI is InChI=1S/C23H27N3OS2/c1-17-9-11-26(12-10-17)20(21-8-5-13-28-21)15-24-22(27)14-19-16-29-23(25-19)18-6-3-2-4-7-18/h2-8,13,16-17,20H,9-12,14-15H2,1H3,(H,24,27). The van der Waals surface area contributed by atoms with Crippen molar-refractivity contribution in [1.29, 1.82) is 0 Å². The third-order valence-electron chi connectivity index (χ3n) is 5.54. The Labute approximate surface area is 180 Å². The topological polar surface area (TPSA) is 45.2 Å². The Hall–Kier alpha value is -2.02. The molecule has 0 radical (unpaired) electrons. The molecule has 2 aromatic heterocycles. The lowest BCUT2D eigenvalue weighted by Crippen LogP contribution is -2.42. The Bertz CT molecular complexity index is 899. The molecule has 1 amide bonds.